The number of carbonyl (C=O) groups excluding carboxylic acids is 2. The van der Waals surface area contributed by atoms with Crippen molar-refractivity contribution >= 4 is 18.0 Å². The maximum Gasteiger partial charge on any atom is 0.407 e. The molecular weight excluding hydrogens is 420 g/mol. The molecule has 2 atom stereocenters. The van der Waals surface area contributed by atoms with Gasteiger partial charge in [0.05, 0.1) is 5.92 Å². The van der Waals surface area contributed by atoms with E-state index in [1.54, 1.807) is 0 Å². The Bertz CT molecular complexity index is 1020. The number of benzene rings is 2. The number of aliphatic carboxylic acids is 1. The lowest BCUT2D eigenvalue weighted by Gasteiger charge is -2.26. The highest BCUT2D eigenvalue weighted by Gasteiger charge is 2.43. The minimum absolute atomic E-state index is 0.00547. The highest BCUT2D eigenvalue weighted by molar-refractivity contribution is 5.79. The Kier molecular flexibility index (Phi) is 6.40. The largest absolute Gasteiger partial charge is 0.481 e. The molecule has 2 amide bonds. The summed E-state index contributed by atoms with van der Waals surface area (Å²) in [5, 5.41) is 14.6. The second-order valence-corrected chi connectivity index (χ2v) is 9.58. The number of carboxylic acid groups (broad SMARTS) is 1. The molecule has 33 heavy (non-hydrogen) atoms. The molecular formula is C26H30N2O5. The van der Waals surface area contributed by atoms with E-state index < -0.39 is 17.6 Å². The fraction of sp³-hybridized carbons (Fsp3) is 0.423. The molecule has 0 heterocycles. The smallest absolute Gasteiger partial charge is 0.407 e. The molecule has 1 fully saturated rings. The Morgan fingerprint density at radius 2 is 1.64 bits per heavy atom. The van der Waals surface area contributed by atoms with E-state index in [9.17, 15) is 14.4 Å². The van der Waals surface area contributed by atoms with Crippen LogP contribution in [-0.2, 0) is 14.3 Å². The van der Waals surface area contributed by atoms with Crippen molar-refractivity contribution in [1.82, 2.24) is 10.6 Å². The van der Waals surface area contributed by atoms with Crippen LogP contribution in [0.4, 0.5) is 4.79 Å². The second-order valence-electron chi connectivity index (χ2n) is 9.58. The zero-order valence-corrected chi connectivity index (χ0v) is 19.0. The van der Waals surface area contributed by atoms with Gasteiger partial charge in [0.15, 0.2) is 0 Å². The lowest BCUT2D eigenvalue weighted by molar-refractivity contribution is -0.139. The third-order valence-corrected chi connectivity index (χ3v) is 6.56. The number of alkyl carbamates (subject to hydrolysis) is 1. The molecule has 0 radical (unpaired) electrons. The van der Waals surface area contributed by atoms with Crippen molar-refractivity contribution in [2.45, 2.75) is 44.6 Å². The quantitative estimate of drug-likeness (QED) is 0.537. The highest BCUT2D eigenvalue weighted by Crippen LogP contribution is 2.44. The average Bonchev–Trinajstić information content (AvgIpc) is 3.50. The first kappa shape index (κ1) is 22.8. The summed E-state index contributed by atoms with van der Waals surface area (Å²) in [5.74, 6) is -1.26. The number of rotatable bonds is 9. The lowest BCUT2D eigenvalue weighted by Crippen LogP contribution is -2.44. The summed E-state index contributed by atoms with van der Waals surface area (Å²) in [7, 11) is 0. The van der Waals surface area contributed by atoms with Crippen LogP contribution in [0, 0.1) is 11.8 Å². The molecule has 7 heteroatoms. The predicted octanol–water partition coefficient (Wildman–Crippen LogP) is 3.92. The van der Waals surface area contributed by atoms with Crippen LogP contribution in [0.2, 0.25) is 0 Å². The van der Waals surface area contributed by atoms with Crippen molar-refractivity contribution in [3.63, 3.8) is 0 Å². The number of nitrogens with one attached hydrogen (secondary N) is 2. The third-order valence-electron chi connectivity index (χ3n) is 6.56. The number of hydrogen-bond donors (Lipinski definition) is 3. The van der Waals surface area contributed by atoms with E-state index in [1.807, 2.05) is 38.1 Å². The van der Waals surface area contributed by atoms with Crippen LogP contribution in [0.25, 0.3) is 11.1 Å². The van der Waals surface area contributed by atoms with E-state index in [2.05, 4.69) is 34.9 Å². The van der Waals surface area contributed by atoms with Crippen molar-refractivity contribution in [3.05, 3.63) is 59.7 Å². The first-order chi connectivity index (χ1) is 15.7. The van der Waals surface area contributed by atoms with E-state index in [0.29, 0.717) is 19.4 Å². The van der Waals surface area contributed by atoms with Gasteiger partial charge in [-0.1, -0.05) is 48.5 Å². The van der Waals surface area contributed by atoms with Gasteiger partial charge in [0.25, 0.3) is 0 Å². The van der Waals surface area contributed by atoms with Crippen molar-refractivity contribution in [2.24, 2.45) is 11.8 Å². The molecule has 3 N–H and O–H groups in total. The van der Waals surface area contributed by atoms with Crippen LogP contribution in [0.5, 0.6) is 0 Å². The van der Waals surface area contributed by atoms with Gasteiger partial charge in [0.2, 0.25) is 5.91 Å². The topological polar surface area (TPSA) is 105 Å². The van der Waals surface area contributed by atoms with Crippen LogP contribution >= 0.6 is 0 Å². The summed E-state index contributed by atoms with van der Waals surface area (Å²) in [5.41, 5.74) is 4.04. The number of ether oxygens (including phenoxy) is 1. The molecule has 0 bridgehead atoms. The molecule has 1 saturated carbocycles. The molecule has 2 aromatic rings. The van der Waals surface area contributed by atoms with Crippen LogP contribution in [0.15, 0.2) is 48.5 Å². The lowest BCUT2D eigenvalue weighted by atomic mass is 9.98. The SMILES string of the molecule is CC(C)(CCC(=O)NC[C@@H]1C[C@@H]1C(=O)O)NC(=O)OCC1c2ccccc2-c2ccccc21. The minimum atomic E-state index is -0.803. The minimum Gasteiger partial charge on any atom is -0.481 e. The number of fused-ring (bicyclic) bond motifs is 3. The van der Waals surface area contributed by atoms with Gasteiger partial charge in [-0.25, -0.2) is 4.79 Å². The zero-order valence-electron chi connectivity index (χ0n) is 19.0. The Morgan fingerprint density at radius 3 is 2.21 bits per heavy atom. The summed E-state index contributed by atoms with van der Waals surface area (Å²) < 4.78 is 5.60. The Balaban J connectivity index is 1.24. The Labute approximate surface area is 193 Å². The summed E-state index contributed by atoms with van der Waals surface area (Å²) in [6, 6.07) is 16.3. The number of hydrogen-bond acceptors (Lipinski definition) is 4. The van der Waals surface area contributed by atoms with E-state index >= 15 is 0 Å². The molecule has 2 aromatic carbocycles. The number of carbonyl (C=O) groups is 3. The van der Waals surface area contributed by atoms with Crippen LogP contribution < -0.4 is 10.6 Å². The van der Waals surface area contributed by atoms with Gasteiger partial charge in [-0.3, -0.25) is 9.59 Å². The molecule has 0 saturated heterocycles. The molecule has 0 spiro atoms. The molecule has 174 valence electrons. The Hall–Kier alpha value is -3.35. The Morgan fingerprint density at radius 1 is 1.03 bits per heavy atom. The normalized spacial score (nSPS) is 18.7. The summed E-state index contributed by atoms with van der Waals surface area (Å²) in [6.45, 7) is 4.32. The average molecular weight is 451 g/mol. The first-order valence-corrected chi connectivity index (χ1v) is 11.4. The second kappa shape index (κ2) is 9.25. The fourth-order valence-corrected chi connectivity index (χ4v) is 4.51. The highest BCUT2D eigenvalue weighted by atomic mass is 16.5. The first-order valence-electron chi connectivity index (χ1n) is 11.4. The summed E-state index contributed by atoms with van der Waals surface area (Å²) >= 11 is 0. The van der Waals surface area contributed by atoms with E-state index in [4.69, 9.17) is 9.84 Å². The van der Waals surface area contributed by atoms with Crippen LogP contribution in [0.1, 0.15) is 50.2 Å². The fourth-order valence-electron chi connectivity index (χ4n) is 4.51. The van der Waals surface area contributed by atoms with E-state index in [-0.39, 0.29) is 36.7 Å². The molecule has 4 rings (SSSR count). The maximum atomic E-state index is 12.5. The van der Waals surface area contributed by atoms with Crippen LogP contribution in [0.3, 0.4) is 0 Å². The van der Waals surface area contributed by atoms with Crippen molar-refractivity contribution in [1.29, 1.82) is 0 Å². The summed E-state index contributed by atoms with van der Waals surface area (Å²) in [6.07, 6.45) is 0.784. The van der Waals surface area contributed by atoms with Crippen molar-refractivity contribution in [2.75, 3.05) is 13.2 Å². The van der Waals surface area contributed by atoms with Gasteiger partial charge < -0.3 is 20.5 Å². The summed E-state index contributed by atoms with van der Waals surface area (Å²) in [4.78, 5) is 35.5. The van der Waals surface area contributed by atoms with Crippen molar-refractivity contribution < 1.29 is 24.2 Å². The monoisotopic (exact) mass is 450 g/mol. The standard InChI is InChI=1S/C26H30N2O5/c1-26(2,12-11-23(29)27-14-16-13-21(16)24(30)31)28-25(32)33-15-22-19-9-5-3-7-17(19)18-8-4-6-10-20(18)22/h3-10,16,21-22H,11-15H2,1-2H3,(H,27,29)(H,28,32)(H,30,31)/t16-,21-/m0/s1. The maximum absolute atomic E-state index is 12.5. The van der Waals surface area contributed by atoms with E-state index in [0.717, 1.165) is 11.1 Å². The molecule has 0 unspecified atom stereocenters. The van der Waals surface area contributed by atoms with Crippen molar-refractivity contribution in [3.8, 4) is 11.1 Å². The van der Waals surface area contributed by atoms with Gasteiger partial charge >= 0.3 is 12.1 Å². The molecule has 2 aliphatic carbocycles. The third kappa shape index (κ3) is 5.35. The van der Waals surface area contributed by atoms with Crippen LogP contribution in [-0.4, -0.2) is 41.8 Å². The molecule has 7 nitrogen and oxygen atoms in total. The number of carboxylic acids is 1. The van der Waals surface area contributed by atoms with Gasteiger partial charge in [-0.05, 0) is 54.9 Å². The van der Waals surface area contributed by atoms with Gasteiger partial charge in [-0.2, -0.15) is 0 Å². The molecule has 0 aromatic heterocycles. The van der Waals surface area contributed by atoms with E-state index in [1.165, 1.54) is 11.1 Å². The molecule has 2 aliphatic rings. The predicted molar refractivity (Wildman–Crippen MR) is 124 cm³/mol. The van der Waals surface area contributed by atoms with Gasteiger partial charge in [0.1, 0.15) is 6.61 Å². The van der Waals surface area contributed by atoms with Gasteiger partial charge in [-0.15, -0.1) is 0 Å². The zero-order chi connectivity index (χ0) is 23.6. The number of amides is 2. The molecule has 0 aliphatic heterocycles. The van der Waals surface area contributed by atoms with Gasteiger partial charge in [0, 0.05) is 24.4 Å².